The molecule has 9 nitrogen and oxygen atoms in total. The molecule has 3 aromatic rings. The Morgan fingerprint density at radius 2 is 1.44 bits per heavy atom. The number of hydrogen-bond acceptors (Lipinski definition) is 7. The summed E-state index contributed by atoms with van der Waals surface area (Å²) in [6, 6.07) is 20.0. The van der Waals surface area contributed by atoms with Gasteiger partial charge in [-0.25, -0.2) is 10.2 Å². The topological polar surface area (TPSA) is 115 Å². The van der Waals surface area contributed by atoms with Crippen molar-refractivity contribution in [2.75, 3.05) is 19.5 Å². The number of rotatable bonds is 7. The lowest BCUT2D eigenvalue weighted by molar-refractivity contribution is -0.136. The minimum absolute atomic E-state index is 0.310. The molecule has 0 saturated carbocycles. The van der Waals surface area contributed by atoms with Gasteiger partial charge in [-0.1, -0.05) is 18.2 Å². The number of benzene rings is 3. The third-order valence-electron chi connectivity index (χ3n) is 4.68. The van der Waals surface area contributed by atoms with Gasteiger partial charge in [-0.15, -0.1) is 0 Å². The van der Waals surface area contributed by atoms with Crippen molar-refractivity contribution in [1.29, 1.82) is 0 Å². The van der Waals surface area contributed by atoms with Crippen molar-refractivity contribution in [2.45, 2.75) is 6.92 Å². The summed E-state index contributed by atoms with van der Waals surface area (Å²) < 4.78 is 15.6. The number of ether oxygens (including phenoxy) is 3. The van der Waals surface area contributed by atoms with E-state index >= 15 is 0 Å². The summed E-state index contributed by atoms with van der Waals surface area (Å²) in [4.78, 5) is 36.5. The summed E-state index contributed by atoms with van der Waals surface area (Å²) in [5.74, 6) is -1.09. The van der Waals surface area contributed by atoms with Gasteiger partial charge in [0.15, 0.2) is 0 Å². The molecule has 0 unspecified atom stereocenters. The lowest BCUT2D eigenvalue weighted by Gasteiger charge is -2.11. The van der Waals surface area contributed by atoms with E-state index in [1.54, 1.807) is 73.7 Å². The zero-order chi connectivity index (χ0) is 24.5. The van der Waals surface area contributed by atoms with Crippen molar-refractivity contribution in [3.8, 4) is 17.2 Å². The first-order valence-electron chi connectivity index (χ1n) is 10.2. The molecule has 0 saturated heterocycles. The van der Waals surface area contributed by atoms with Crippen molar-refractivity contribution >= 4 is 29.2 Å². The lowest BCUT2D eigenvalue weighted by Crippen LogP contribution is -2.33. The molecule has 34 heavy (non-hydrogen) atoms. The molecule has 2 N–H and O–H groups in total. The SMILES string of the molecule is COc1ccc(NC(=O)C(=O)N/N=C(\C)c2ccc(OC(=O)c3ccccc3)cc2)c(OC)c1. The fourth-order valence-corrected chi connectivity index (χ4v) is 2.84. The fourth-order valence-electron chi connectivity index (χ4n) is 2.84. The van der Waals surface area contributed by atoms with E-state index in [1.165, 1.54) is 14.2 Å². The standard InChI is InChI=1S/C25H23N3O6/c1-16(17-9-11-19(12-10-17)34-25(31)18-7-5-4-6-8-18)27-28-24(30)23(29)26-21-14-13-20(32-2)15-22(21)33-3/h4-15H,1-3H3,(H,26,29)(H,28,30)/b27-16+. The maximum Gasteiger partial charge on any atom is 0.343 e. The Labute approximate surface area is 196 Å². The normalized spacial score (nSPS) is 10.7. The van der Waals surface area contributed by atoms with Crippen LogP contribution in [-0.4, -0.2) is 37.7 Å². The first-order valence-corrected chi connectivity index (χ1v) is 10.2. The van der Waals surface area contributed by atoms with Crippen LogP contribution in [0.1, 0.15) is 22.8 Å². The molecule has 0 radical (unpaired) electrons. The Kier molecular flexibility index (Phi) is 7.96. The molecule has 0 heterocycles. The van der Waals surface area contributed by atoms with E-state index in [-0.39, 0.29) is 0 Å². The number of carbonyl (C=O) groups excluding carboxylic acids is 3. The molecule has 0 aromatic heterocycles. The van der Waals surface area contributed by atoms with Gasteiger partial charge in [-0.3, -0.25) is 9.59 Å². The van der Waals surface area contributed by atoms with E-state index in [0.717, 1.165) is 0 Å². The maximum absolute atomic E-state index is 12.2. The van der Waals surface area contributed by atoms with E-state index in [0.29, 0.717) is 39.8 Å². The second-order valence-corrected chi connectivity index (χ2v) is 6.94. The highest BCUT2D eigenvalue weighted by molar-refractivity contribution is 6.39. The number of esters is 1. The Balaban J connectivity index is 1.58. The third-order valence-corrected chi connectivity index (χ3v) is 4.68. The minimum Gasteiger partial charge on any atom is -0.497 e. The molecule has 0 bridgehead atoms. The van der Waals surface area contributed by atoms with Crippen LogP contribution in [-0.2, 0) is 9.59 Å². The van der Waals surface area contributed by atoms with Gasteiger partial charge >= 0.3 is 17.8 Å². The molecular weight excluding hydrogens is 438 g/mol. The van der Waals surface area contributed by atoms with Crippen LogP contribution in [0.2, 0.25) is 0 Å². The molecule has 0 atom stereocenters. The molecule has 2 amide bonds. The Bertz CT molecular complexity index is 1210. The first-order chi connectivity index (χ1) is 16.4. The monoisotopic (exact) mass is 461 g/mol. The summed E-state index contributed by atoms with van der Waals surface area (Å²) in [6.07, 6.45) is 0. The number of hydrogen-bond donors (Lipinski definition) is 2. The van der Waals surface area contributed by atoms with Crippen LogP contribution >= 0.6 is 0 Å². The first kappa shape index (κ1) is 24.0. The van der Waals surface area contributed by atoms with Crippen molar-refractivity contribution in [1.82, 2.24) is 5.43 Å². The molecule has 3 aromatic carbocycles. The van der Waals surface area contributed by atoms with E-state index in [4.69, 9.17) is 14.2 Å². The molecule has 0 aliphatic rings. The fraction of sp³-hybridized carbons (Fsp3) is 0.120. The van der Waals surface area contributed by atoms with E-state index in [9.17, 15) is 14.4 Å². The summed E-state index contributed by atoms with van der Waals surface area (Å²) in [6.45, 7) is 1.66. The summed E-state index contributed by atoms with van der Waals surface area (Å²) in [7, 11) is 2.94. The highest BCUT2D eigenvalue weighted by Crippen LogP contribution is 2.28. The Hall–Kier alpha value is -4.66. The van der Waals surface area contributed by atoms with Crippen LogP contribution < -0.4 is 25.0 Å². The largest absolute Gasteiger partial charge is 0.497 e. The molecule has 0 aliphatic heterocycles. The minimum atomic E-state index is -0.953. The van der Waals surface area contributed by atoms with E-state index in [1.807, 2.05) is 6.07 Å². The third kappa shape index (κ3) is 6.19. The predicted octanol–water partition coefficient (Wildman–Crippen LogP) is 3.40. The van der Waals surface area contributed by atoms with Gasteiger partial charge in [-0.05, 0) is 61.0 Å². The average molecular weight is 461 g/mol. The van der Waals surface area contributed by atoms with Crippen LogP contribution in [0.25, 0.3) is 0 Å². The number of anilines is 1. The highest BCUT2D eigenvalue weighted by atomic mass is 16.5. The summed E-state index contributed by atoms with van der Waals surface area (Å²) >= 11 is 0. The van der Waals surface area contributed by atoms with Gasteiger partial charge in [0.2, 0.25) is 0 Å². The molecule has 0 aliphatic carbocycles. The smallest absolute Gasteiger partial charge is 0.343 e. The number of hydrazone groups is 1. The number of nitrogens with one attached hydrogen (secondary N) is 2. The Morgan fingerprint density at radius 3 is 2.09 bits per heavy atom. The zero-order valence-electron chi connectivity index (χ0n) is 18.8. The van der Waals surface area contributed by atoms with Gasteiger partial charge in [0.25, 0.3) is 0 Å². The van der Waals surface area contributed by atoms with Gasteiger partial charge in [-0.2, -0.15) is 5.10 Å². The van der Waals surface area contributed by atoms with E-state index < -0.39 is 17.8 Å². The number of nitrogens with zero attached hydrogens (tertiary/aromatic N) is 1. The number of amides is 2. The zero-order valence-corrected chi connectivity index (χ0v) is 18.8. The maximum atomic E-state index is 12.2. The van der Waals surface area contributed by atoms with Crippen LogP contribution in [0.5, 0.6) is 17.2 Å². The van der Waals surface area contributed by atoms with Gasteiger partial charge in [0.1, 0.15) is 17.2 Å². The van der Waals surface area contributed by atoms with Crippen LogP contribution in [0, 0.1) is 0 Å². The molecule has 0 spiro atoms. The molecule has 0 fully saturated rings. The predicted molar refractivity (Wildman–Crippen MR) is 126 cm³/mol. The van der Waals surface area contributed by atoms with Crippen LogP contribution in [0.15, 0.2) is 77.9 Å². The number of carbonyl (C=O) groups is 3. The van der Waals surface area contributed by atoms with Gasteiger partial charge < -0.3 is 19.5 Å². The van der Waals surface area contributed by atoms with Gasteiger partial charge in [0.05, 0.1) is 31.2 Å². The van der Waals surface area contributed by atoms with Crippen molar-refractivity contribution in [3.05, 3.63) is 83.9 Å². The van der Waals surface area contributed by atoms with Crippen molar-refractivity contribution < 1.29 is 28.6 Å². The second-order valence-electron chi connectivity index (χ2n) is 6.94. The molecule has 9 heteroatoms. The quantitative estimate of drug-likeness (QED) is 0.183. The molecular formula is C25H23N3O6. The summed E-state index contributed by atoms with van der Waals surface area (Å²) in [5.41, 5.74) is 4.08. The lowest BCUT2D eigenvalue weighted by atomic mass is 10.1. The van der Waals surface area contributed by atoms with Crippen molar-refractivity contribution in [3.63, 3.8) is 0 Å². The van der Waals surface area contributed by atoms with E-state index in [2.05, 4.69) is 15.8 Å². The van der Waals surface area contributed by atoms with Gasteiger partial charge in [0, 0.05) is 6.07 Å². The number of methoxy groups -OCH3 is 2. The molecule has 3 rings (SSSR count). The highest BCUT2D eigenvalue weighted by Gasteiger charge is 2.16. The second kappa shape index (κ2) is 11.3. The van der Waals surface area contributed by atoms with Crippen molar-refractivity contribution in [2.24, 2.45) is 5.10 Å². The average Bonchev–Trinajstić information content (AvgIpc) is 2.88. The Morgan fingerprint density at radius 1 is 0.765 bits per heavy atom. The van der Waals surface area contributed by atoms with Crippen LogP contribution in [0.4, 0.5) is 5.69 Å². The summed E-state index contributed by atoms with van der Waals surface area (Å²) in [5, 5.41) is 6.43. The molecule has 174 valence electrons. The van der Waals surface area contributed by atoms with Crippen LogP contribution in [0.3, 0.4) is 0 Å².